The number of para-hydroxylation sites is 1. The Labute approximate surface area is 181 Å². The summed E-state index contributed by atoms with van der Waals surface area (Å²) in [5.41, 5.74) is 5.70. The molecule has 144 valence electrons. The zero-order valence-electron chi connectivity index (χ0n) is 15.9. The number of nitrogens with one attached hydrogen (secondary N) is 2. The van der Waals surface area contributed by atoms with E-state index in [0.29, 0.717) is 13.1 Å². The van der Waals surface area contributed by atoms with Crippen molar-refractivity contribution >= 4 is 41.3 Å². The summed E-state index contributed by atoms with van der Waals surface area (Å²) in [6.45, 7) is 8.45. The van der Waals surface area contributed by atoms with Crippen molar-refractivity contribution in [1.29, 1.82) is 0 Å². The number of benzene rings is 1. The molecule has 0 atom stereocenters. The molecule has 0 spiro atoms. The minimum absolute atomic E-state index is 0. The number of aromatic nitrogens is 2. The Balaban J connectivity index is 0.00000261. The summed E-state index contributed by atoms with van der Waals surface area (Å²) in [6, 6.07) is 12.3. The zero-order chi connectivity index (χ0) is 18.4. The number of halogens is 1. The van der Waals surface area contributed by atoms with Gasteiger partial charge in [-0.05, 0) is 55.3 Å². The molecule has 0 unspecified atom stereocenters. The first-order valence-electron chi connectivity index (χ1n) is 8.82. The Morgan fingerprint density at radius 3 is 2.59 bits per heavy atom. The summed E-state index contributed by atoms with van der Waals surface area (Å²) >= 11 is 1.70. The third-order valence-corrected chi connectivity index (χ3v) is 4.95. The van der Waals surface area contributed by atoms with Gasteiger partial charge in [0.05, 0.1) is 17.9 Å². The van der Waals surface area contributed by atoms with Crippen LogP contribution in [0, 0.1) is 13.8 Å². The number of hydrogen-bond donors (Lipinski definition) is 2. The number of aryl methyl sites for hydroxylation is 1. The van der Waals surface area contributed by atoms with Crippen LogP contribution in [-0.4, -0.2) is 22.3 Å². The van der Waals surface area contributed by atoms with E-state index in [0.717, 1.165) is 29.6 Å². The number of aliphatic imine (C=N–C) groups is 1. The van der Waals surface area contributed by atoms with E-state index >= 15 is 0 Å². The minimum atomic E-state index is 0. The lowest BCUT2D eigenvalue weighted by molar-refractivity contribution is 0.806. The number of guanidine groups is 1. The molecule has 5 nitrogen and oxygen atoms in total. The summed E-state index contributed by atoms with van der Waals surface area (Å²) in [4.78, 5) is 4.67. The topological polar surface area (TPSA) is 54.2 Å². The van der Waals surface area contributed by atoms with Gasteiger partial charge < -0.3 is 10.6 Å². The van der Waals surface area contributed by atoms with Crippen molar-refractivity contribution in [3.63, 3.8) is 0 Å². The van der Waals surface area contributed by atoms with Gasteiger partial charge in [0.2, 0.25) is 0 Å². The van der Waals surface area contributed by atoms with Crippen LogP contribution in [0.25, 0.3) is 5.69 Å². The van der Waals surface area contributed by atoms with Gasteiger partial charge in [-0.2, -0.15) is 16.4 Å². The molecule has 0 aliphatic heterocycles. The Morgan fingerprint density at radius 2 is 1.93 bits per heavy atom. The van der Waals surface area contributed by atoms with Crippen molar-refractivity contribution in [3.8, 4) is 5.69 Å². The molecular formula is C20H26IN5S. The molecule has 0 saturated heterocycles. The Morgan fingerprint density at radius 1 is 1.15 bits per heavy atom. The van der Waals surface area contributed by atoms with E-state index in [-0.39, 0.29) is 24.0 Å². The number of nitrogens with zero attached hydrogens (tertiary/aromatic N) is 3. The van der Waals surface area contributed by atoms with E-state index in [4.69, 9.17) is 5.10 Å². The number of hydrogen-bond acceptors (Lipinski definition) is 3. The molecule has 1 aromatic carbocycles. The van der Waals surface area contributed by atoms with E-state index in [1.54, 1.807) is 11.3 Å². The molecular weight excluding hydrogens is 469 g/mol. The molecule has 2 heterocycles. The molecule has 0 bridgehead atoms. The van der Waals surface area contributed by atoms with E-state index in [1.165, 1.54) is 11.1 Å². The van der Waals surface area contributed by atoms with E-state index < -0.39 is 0 Å². The molecule has 2 aromatic heterocycles. The second kappa shape index (κ2) is 10.5. The predicted molar refractivity (Wildman–Crippen MR) is 124 cm³/mol. The van der Waals surface area contributed by atoms with Gasteiger partial charge in [-0.15, -0.1) is 24.0 Å². The lowest BCUT2D eigenvalue weighted by Gasteiger charge is -2.12. The molecule has 0 aliphatic rings. The van der Waals surface area contributed by atoms with Crippen LogP contribution in [0.2, 0.25) is 0 Å². The maximum Gasteiger partial charge on any atom is 0.191 e. The minimum Gasteiger partial charge on any atom is -0.357 e. The van der Waals surface area contributed by atoms with Gasteiger partial charge in [0.1, 0.15) is 0 Å². The average molecular weight is 495 g/mol. The lowest BCUT2D eigenvalue weighted by atomic mass is 10.2. The van der Waals surface area contributed by atoms with Gasteiger partial charge >= 0.3 is 0 Å². The maximum atomic E-state index is 4.71. The van der Waals surface area contributed by atoms with Crippen LogP contribution in [-0.2, 0) is 13.1 Å². The molecule has 0 saturated carbocycles. The predicted octanol–water partition coefficient (Wildman–Crippen LogP) is 4.42. The summed E-state index contributed by atoms with van der Waals surface area (Å²) < 4.78 is 2.00. The summed E-state index contributed by atoms with van der Waals surface area (Å²) in [6.07, 6.45) is 0. The van der Waals surface area contributed by atoms with Crippen molar-refractivity contribution in [3.05, 3.63) is 69.7 Å². The fourth-order valence-corrected chi connectivity index (χ4v) is 3.48. The van der Waals surface area contributed by atoms with Crippen LogP contribution < -0.4 is 10.6 Å². The highest BCUT2D eigenvalue weighted by Gasteiger charge is 2.13. The normalized spacial score (nSPS) is 11.1. The van der Waals surface area contributed by atoms with Crippen LogP contribution in [0.1, 0.15) is 29.4 Å². The maximum absolute atomic E-state index is 4.71. The highest BCUT2D eigenvalue weighted by Crippen LogP contribution is 2.17. The third-order valence-electron chi connectivity index (χ3n) is 4.22. The fourth-order valence-electron chi connectivity index (χ4n) is 2.82. The highest BCUT2D eigenvalue weighted by atomic mass is 127. The molecule has 7 heteroatoms. The molecule has 0 fully saturated rings. The third kappa shape index (κ3) is 5.55. The first kappa shape index (κ1) is 21.4. The van der Waals surface area contributed by atoms with Gasteiger partial charge in [0, 0.05) is 24.3 Å². The van der Waals surface area contributed by atoms with Crippen LogP contribution in [0.4, 0.5) is 0 Å². The van der Waals surface area contributed by atoms with E-state index in [2.05, 4.69) is 65.4 Å². The fraction of sp³-hybridized carbons (Fsp3) is 0.300. The molecule has 27 heavy (non-hydrogen) atoms. The first-order chi connectivity index (χ1) is 12.7. The molecule has 3 rings (SSSR count). The van der Waals surface area contributed by atoms with Crippen molar-refractivity contribution in [2.24, 2.45) is 4.99 Å². The van der Waals surface area contributed by atoms with Crippen molar-refractivity contribution in [2.45, 2.75) is 33.9 Å². The lowest BCUT2D eigenvalue weighted by Crippen LogP contribution is -2.37. The molecule has 0 radical (unpaired) electrons. The SMILES string of the molecule is CCNC(=NCc1ccsc1)NCc1c(C)nn(-c2ccccc2)c1C.I. The van der Waals surface area contributed by atoms with Gasteiger partial charge in [0.15, 0.2) is 5.96 Å². The Hall–Kier alpha value is -1.87. The Kier molecular flexibility index (Phi) is 8.30. The van der Waals surface area contributed by atoms with Crippen molar-refractivity contribution in [1.82, 2.24) is 20.4 Å². The molecule has 2 N–H and O–H groups in total. The largest absolute Gasteiger partial charge is 0.357 e. The van der Waals surface area contributed by atoms with Gasteiger partial charge in [-0.3, -0.25) is 0 Å². The summed E-state index contributed by atoms with van der Waals surface area (Å²) in [5, 5.41) is 15.7. The van der Waals surface area contributed by atoms with E-state index in [9.17, 15) is 0 Å². The highest BCUT2D eigenvalue weighted by molar-refractivity contribution is 14.0. The zero-order valence-corrected chi connectivity index (χ0v) is 19.0. The van der Waals surface area contributed by atoms with Crippen LogP contribution in [0.15, 0.2) is 52.2 Å². The Bertz CT molecular complexity index is 856. The smallest absolute Gasteiger partial charge is 0.191 e. The van der Waals surface area contributed by atoms with Gasteiger partial charge in [-0.1, -0.05) is 18.2 Å². The van der Waals surface area contributed by atoms with Crippen molar-refractivity contribution in [2.75, 3.05) is 6.54 Å². The second-order valence-electron chi connectivity index (χ2n) is 6.08. The first-order valence-corrected chi connectivity index (χ1v) is 9.77. The number of rotatable bonds is 6. The standard InChI is InChI=1S/C20H25N5S.HI/c1-4-21-20(22-12-17-10-11-26-14-17)23-13-19-15(2)24-25(16(19)3)18-8-6-5-7-9-18;/h5-11,14H,4,12-13H2,1-3H3,(H2,21,22,23);1H. The summed E-state index contributed by atoms with van der Waals surface area (Å²) in [7, 11) is 0. The second-order valence-corrected chi connectivity index (χ2v) is 6.86. The monoisotopic (exact) mass is 495 g/mol. The molecule has 0 aliphatic carbocycles. The quantitative estimate of drug-likeness (QED) is 0.303. The number of thiophene rings is 1. The van der Waals surface area contributed by atoms with Crippen LogP contribution in [0.3, 0.4) is 0 Å². The average Bonchev–Trinajstić information content (AvgIpc) is 3.27. The van der Waals surface area contributed by atoms with Crippen molar-refractivity contribution < 1.29 is 0 Å². The van der Waals surface area contributed by atoms with Gasteiger partial charge in [-0.25, -0.2) is 9.67 Å². The van der Waals surface area contributed by atoms with E-state index in [1.807, 2.05) is 22.9 Å². The molecule has 0 amide bonds. The van der Waals surface area contributed by atoms with Gasteiger partial charge in [0.25, 0.3) is 0 Å². The molecule has 3 aromatic rings. The van der Waals surface area contributed by atoms with Crippen LogP contribution in [0.5, 0.6) is 0 Å². The van der Waals surface area contributed by atoms with Crippen LogP contribution >= 0.6 is 35.3 Å². The summed E-state index contributed by atoms with van der Waals surface area (Å²) in [5.74, 6) is 0.824.